The van der Waals surface area contributed by atoms with Crippen molar-refractivity contribution in [2.45, 2.75) is 66.2 Å². The van der Waals surface area contributed by atoms with Crippen molar-refractivity contribution in [2.24, 2.45) is 5.92 Å². The summed E-state index contributed by atoms with van der Waals surface area (Å²) in [5, 5.41) is 2.76. The molecule has 23 heavy (non-hydrogen) atoms. The number of hydrogen-bond donors (Lipinski definition) is 1. The SMILES string of the molecule is CC.CCc1cc(C(=O)NCC2CCCCC2)c(F)c(F)c1C.[HH]. The lowest BCUT2D eigenvalue weighted by Gasteiger charge is -2.22. The second-order valence-corrected chi connectivity index (χ2v) is 5.90. The first kappa shape index (κ1) is 19.6. The van der Waals surface area contributed by atoms with Gasteiger partial charge in [-0.15, -0.1) is 0 Å². The summed E-state index contributed by atoms with van der Waals surface area (Å²) in [7, 11) is 0. The third-order valence-electron chi connectivity index (χ3n) is 4.46. The number of hydrogen-bond acceptors (Lipinski definition) is 1. The number of carbonyl (C=O) groups is 1. The summed E-state index contributed by atoms with van der Waals surface area (Å²) in [5.74, 6) is -1.98. The Hall–Kier alpha value is -1.45. The normalized spacial score (nSPS) is 14.9. The topological polar surface area (TPSA) is 29.1 Å². The Morgan fingerprint density at radius 1 is 1.22 bits per heavy atom. The Kier molecular flexibility index (Phi) is 8.21. The summed E-state index contributed by atoms with van der Waals surface area (Å²) in [6.45, 7) is 7.96. The first-order chi connectivity index (χ1) is 11.0. The van der Waals surface area contributed by atoms with Gasteiger partial charge in [0.15, 0.2) is 11.6 Å². The summed E-state index contributed by atoms with van der Waals surface area (Å²) in [6, 6.07) is 1.48. The summed E-state index contributed by atoms with van der Waals surface area (Å²) < 4.78 is 27.8. The molecule has 1 aliphatic carbocycles. The van der Waals surface area contributed by atoms with Crippen molar-refractivity contribution in [1.82, 2.24) is 5.32 Å². The van der Waals surface area contributed by atoms with Crippen molar-refractivity contribution >= 4 is 5.91 Å². The minimum Gasteiger partial charge on any atom is -0.352 e. The number of aryl methyl sites for hydroxylation is 1. The molecule has 1 amide bonds. The summed E-state index contributed by atoms with van der Waals surface area (Å²) in [6.07, 6.45) is 6.41. The van der Waals surface area contributed by atoms with Crippen LogP contribution in [0.1, 0.15) is 75.8 Å². The molecule has 4 heteroatoms. The highest BCUT2D eigenvalue weighted by molar-refractivity contribution is 5.94. The standard InChI is InChI=1S/C17H23F2NO.C2H6.H2/c1-3-13-9-14(16(19)15(18)11(13)2)17(21)20-10-12-7-5-4-6-8-12;1-2;/h9,12H,3-8,10H2,1-2H3,(H,20,21);1-2H3;1H. The number of benzene rings is 1. The molecular formula is C19H31F2NO. The van der Waals surface area contributed by atoms with Gasteiger partial charge in [0.05, 0.1) is 5.56 Å². The second kappa shape index (κ2) is 9.64. The second-order valence-electron chi connectivity index (χ2n) is 5.90. The zero-order valence-electron chi connectivity index (χ0n) is 14.8. The van der Waals surface area contributed by atoms with Crippen LogP contribution in [-0.4, -0.2) is 12.5 Å². The van der Waals surface area contributed by atoms with Gasteiger partial charge < -0.3 is 5.32 Å². The quantitative estimate of drug-likeness (QED) is 0.786. The number of nitrogens with one attached hydrogen (secondary N) is 1. The maximum absolute atomic E-state index is 14.0. The molecule has 0 atom stereocenters. The Morgan fingerprint density at radius 3 is 2.39 bits per heavy atom. The van der Waals surface area contributed by atoms with Crippen LogP contribution in [0.5, 0.6) is 0 Å². The van der Waals surface area contributed by atoms with E-state index >= 15 is 0 Å². The molecule has 2 rings (SSSR count). The predicted molar refractivity (Wildman–Crippen MR) is 92.8 cm³/mol. The average molecular weight is 327 g/mol. The molecule has 1 fully saturated rings. The minimum absolute atomic E-state index is 0. The van der Waals surface area contributed by atoms with E-state index in [9.17, 15) is 13.6 Å². The fourth-order valence-electron chi connectivity index (χ4n) is 3.03. The molecular weight excluding hydrogens is 296 g/mol. The van der Waals surface area contributed by atoms with Crippen LogP contribution in [0.4, 0.5) is 8.78 Å². The Balaban J connectivity index is 0.00000170. The van der Waals surface area contributed by atoms with Crippen LogP contribution in [0.15, 0.2) is 6.07 Å². The van der Waals surface area contributed by atoms with Crippen LogP contribution < -0.4 is 5.32 Å². The lowest BCUT2D eigenvalue weighted by atomic mass is 9.89. The van der Waals surface area contributed by atoms with E-state index in [2.05, 4.69) is 5.32 Å². The smallest absolute Gasteiger partial charge is 0.254 e. The van der Waals surface area contributed by atoms with Crippen molar-refractivity contribution in [1.29, 1.82) is 0 Å². The van der Waals surface area contributed by atoms with E-state index in [0.717, 1.165) is 12.8 Å². The number of amides is 1. The molecule has 1 aromatic rings. The Bertz CT molecular complexity index is 529. The van der Waals surface area contributed by atoms with Crippen LogP contribution in [0.25, 0.3) is 0 Å². The van der Waals surface area contributed by atoms with E-state index in [1.807, 2.05) is 20.8 Å². The van der Waals surface area contributed by atoms with E-state index in [1.54, 1.807) is 6.92 Å². The molecule has 0 radical (unpaired) electrons. The molecule has 0 spiro atoms. The molecule has 0 heterocycles. The highest BCUT2D eigenvalue weighted by Gasteiger charge is 2.21. The zero-order valence-corrected chi connectivity index (χ0v) is 14.8. The van der Waals surface area contributed by atoms with E-state index in [0.29, 0.717) is 30.0 Å². The lowest BCUT2D eigenvalue weighted by Crippen LogP contribution is -2.31. The number of carbonyl (C=O) groups excluding carboxylic acids is 1. The molecule has 0 saturated heterocycles. The van der Waals surface area contributed by atoms with Crippen LogP contribution in [-0.2, 0) is 6.42 Å². The molecule has 0 bridgehead atoms. The molecule has 1 aromatic carbocycles. The van der Waals surface area contributed by atoms with Gasteiger partial charge in [0.25, 0.3) is 5.91 Å². The van der Waals surface area contributed by atoms with Gasteiger partial charge in [0, 0.05) is 7.97 Å². The maximum atomic E-state index is 14.0. The molecule has 0 aliphatic heterocycles. The van der Waals surface area contributed by atoms with Crippen LogP contribution in [0.2, 0.25) is 0 Å². The van der Waals surface area contributed by atoms with Crippen molar-refractivity contribution in [3.8, 4) is 0 Å². The molecule has 1 N–H and O–H groups in total. The third kappa shape index (κ3) is 5.02. The van der Waals surface area contributed by atoms with Crippen molar-refractivity contribution in [3.63, 3.8) is 0 Å². The fraction of sp³-hybridized carbons (Fsp3) is 0.632. The molecule has 1 saturated carbocycles. The predicted octanol–water partition coefficient (Wildman–Crippen LogP) is 5.42. The van der Waals surface area contributed by atoms with Gasteiger partial charge in [0.1, 0.15) is 0 Å². The minimum atomic E-state index is -1.04. The van der Waals surface area contributed by atoms with Crippen molar-refractivity contribution in [2.75, 3.05) is 6.54 Å². The van der Waals surface area contributed by atoms with E-state index in [4.69, 9.17) is 0 Å². The van der Waals surface area contributed by atoms with E-state index < -0.39 is 17.5 Å². The van der Waals surface area contributed by atoms with Gasteiger partial charge in [-0.25, -0.2) is 8.78 Å². The molecule has 1 aliphatic rings. The summed E-state index contributed by atoms with van der Waals surface area (Å²) >= 11 is 0. The van der Waals surface area contributed by atoms with Crippen molar-refractivity contribution in [3.05, 3.63) is 34.4 Å². The summed E-state index contributed by atoms with van der Waals surface area (Å²) in [5.41, 5.74) is 0.793. The van der Waals surface area contributed by atoms with E-state index in [-0.39, 0.29) is 6.99 Å². The van der Waals surface area contributed by atoms with E-state index in [1.165, 1.54) is 25.3 Å². The van der Waals surface area contributed by atoms with Gasteiger partial charge in [0.2, 0.25) is 0 Å². The van der Waals surface area contributed by atoms with Gasteiger partial charge >= 0.3 is 0 Å². The molecule has 0 aromatic heterocycles. The largest absolute Gasteiger partial charge is 0.352 e. The lowest BCUT2D eigenvalue weighted by molar-refractivity contribution is 0.0938. The monoisotopic (exact) mass is 327 g/mol. The Morgan fingerprint density at radius 2 is 1.83 bits per heavy atom. The highest BCUT2D eigenvalue weighted by Crippen LogP contribution is 2.24. The number of halogens is 2. The first-order valence-corrected chi connectivity index (χ1v) is 8.80. The highest BCUT2D eigenvalue weighted by atomic mass is 19.2. The summed E-state index contributed by atoms with van der Waals surface area (Å²) in [4.78, 5) is 12.1. The molecule has 2 nitrogen and oxygen atoms in total. The van der Waals surface area contributed by atoms with Gasteiger partial charge in [-0.05, 0) is 49.3 Å². The van der Waals surface area contributed by atoms with Gasteiger partial charge in [-0.2, -0.15) is 0 Å². The van der Waals surface area contributed by atoms with Crippen LogP contribution in [0.3, 0.4) is 0 Å². The first-order valence-electron chi connectivity index (χ1n) is 8.80. The van der Waals surface area contributed by atoms with Crippen molar-refractivity contribution < 1.29 is 15.0 Å². The molecule has 132 valence electrons. The fourth-order valence-corrected chi connectivity index (χ4v) is 3.03. The zero-order chi connectivity index (χ0) is 17.4. The maximum Gasteiger partial charge on any atom is 0.254 e. The van der Waals surface area contributed by atoms with Gasteiger partial charge in [-0.1, -0.05) is 40.0 Å². The number of rotatable bonds is 4. The Labute approximate surface area is 140 Å². The van der Waals surface area contributed by atoms with Crippen LogP contribution in [0, 0.1) is 24.5 Å². The molecule has 0 unspecified atom stereocenters. The average Bonchev–Trinajstić information content (AvgIpc) is 2.60. The van der Waals surface area contributed by atoms with Crippen LogP contribution >= 0.6 is 0 Å². The van der Waals surface area contributed by atoms with Gasteiger partial charge in [-0.3, -0.25) is 4.79 Å². The third-order valence-corrected chi connectivity index (χ3v) is 4.46.